The topological polar surface area (TPSA) is 41.6 Å². The van der Waals surface area contributed by atoms with Gasteiger partial charge >= 0.3 is 0 Å². The standard InChI is InChI=1S/C24H20N2O2/c1-28-22-11-10-16-6-4-5-9-19(16)23(22)26-13-12-25-24(27)20-14-17-7-2-3-8-18(17)15-21(20)26/h2-11,14-15H,12-13H2,1H3,(H,25,27). The molecule has 0 aliphatic carbocycles. The first-order chi connectivity index (χ1) is 13.8. The fraction of sp³-hybridized carbons (Fsp3) is 0.125. The van der Waals surface area contributed by atoms with Gasteiger partial charge in [0.05, 0.1) is 24.0 Å². The summed E-state index contributed by atoms with van der Waals surface area (Å²) in [6.07, 6.45) is 0. The Morgan fingerprint density at radius 1 is 0.893 bits per heavy atom. The number of methoxy groups -OCH3 is 1. The zero-order valence-electron chi connectivity index (χ0n) is 15.6. The predicted molar refractivity (Wildman–Crippen MR) is 114 cm³/mol. The number of ether oxygens (including phenoxy) is 1. The Morgan fingerprint density at radius 2 is 1.61 bits per heavy atom. The average molecular weight is 368 g/mol. The maximum Gasteiger partial charge on any atom is 0.253 e. The molecule has 1 amide bonds. The summed E-state index contributed by atoms with van der Waals surface area (Å²) in [7, 11) is 1.69. The van der Waals surface area contributed by atoms with Crippen molar-refractivity contribution < 1.29 is 9.53 Å². The summed E-state index contributed by atoms with van der Waals surface area (Å²) in [5.74, 6) is 0.759. The van der Waals surface area contributed by atoms with Gasteiger partial charge in [-0.3, -0.25) is 4.79 Å². The molecule has 28 heavy (non-hydrogen) atoms. The summed E-state index contributed by atoms with van der Waals surface area (Å²) in [5, 5.41) is 7.45. The second kappa shape index (κ2) is 6.57. The first-order valence-electron chi connectivity index (χ1n) is 9.40. The molecule has 0 spiro atoms. The molecule has 1 aliphatic heterocycles. The van der Waals surface area contributed by atoms with Gasteiger partial charge in [-0.1, -0.05) is 54.6 Å². The molecule has 4 heteroatoms. The van der Waals surface area contributed by atoms with Gasteiger partial charge in [0.2, 0.25) is 0 Å². The van der Waals surface area contributed by atoms with Crippen molar-refractivity contribution in [1.82, 2.24) is 5.32 Å². The first-order valence-corrected chi connectivity index (χ1v) is 9.40. The smallest absolute Gasteiger partial charge is 0.253 e. The van der Waals surface area contributed by atoms with Crippen LogP contribution in [-0.4, -0.2) is 26.1 Å². The van der Waals surface area contributed by atoms with E-state index in [0.717, 1.165) is 38.7 Å². The van der Waals surface area contributed by atoms with Gasteiger partial charge in [-0.2, -0.15) is 0 Å². The molecule has 0 unspecified atom stereocenters. The van der Waals surface area contributed by atoms with Gasteiger partial charge < -0.3 is 15.0 Å². The summed E-state index contributed by atoms with van der Waals surface area (Å²) in [6, 6.07) is 24.6. The van der Waals surface area contributed by atoms with E-state index < -0.39 is 0 Å². The lowest BCUT2D eigenvalue weighted by atomic mass is 10.0. The summed E-state index contributed by atoms with van der Waals surface area (Å²) < 4.78 is 5.73. The predicted octanol–water partition coefficient (Wildman–Crippen LogP) is 4.88. The number of benzene rings is 4. The molecule has 0 aromatic heterocycles. The Hall–Kier alpha value is -3.53. The number of fused-ring (bicyclic) bond motifs is 3. The molecule has 138 valence electrons. The van der Waals surface area contributed by atoms with Crippen molar-refractivity contribution in [2.45, 2.75) is 0 Å². The van der Waals surface area contributed by atoms with E-state index in [4.69, 9.17) is 4.74 Å². The van der Waals surface area contributed by atoms with Crippen LogP contribution >= 0.6 is 0 Å². The molecule has 4 aromatic rings. The van der Waals surface area contributed by atoms with Gasteiger partial charge in [0.1, 0.15) is 5.75 Å². The number of carbonyl (C=O) groups is 1. The highest BCUT2D eigenvalue weighted by Crippen LogP contribution is 2.42. The fourth-order valence-electron chi connectivity index (χ4n) is 4.04. The van der Waals surface area contributed by atoms with Crippen LogP contribution in [0.3, 0.4) is 0 Å². The monoisotopic (exact) mass is 368 g/mol. The Kier molecular flexibility index (Phi) is 3.90. The highest BCUT2D eigenvalue weighted by atomic mass is 16.5. The molecule has 4 nitrogen and oxygen atoms in total. The van der Waals surface area contributed by atoms with Gasteiger partial charge in [0.15, 0.2) is 0 Å². The fourth-order valence-corrected chi connectivity index (χ4v) is 4.04. The largest absolute Gasteiger partial charge is 0.495 e. The number of rotatable bonds is 2. The third-order valence-electron chi connectivity index (χ3n) is 5.37. The summed E-state index contributed by atoms with van der Waals surface area (Å²) in [5.41, 5.74) is 2.59. The number of carbonyl (C=O) groups excluding carboxylic acids is 1. The molecular weight excluding hydrogens is 348 g/mol. The number of nitrogens with one attached hydrogen (secondary N) is 1. The van der Waals surface area contributed by atoms with Crippen LogP contribution in [0.2, 0.25) is 0 Å². The number of nitrogens with zero attached hydrogens (tertiary/aromatic N) is 1. The minimum absolute atomic E-state index is 0.0394. The quantitative estimate of drug-likeness (QED) is 0.548. The molecule has 0 bridgehead atoms. The third-order valence-corrected chi connectivity index (χ3v) is 5.37. The summed E-state index contributed by atoms with van der Waals surface area (Å²) >= 11 is 0. The summed E-state index contributed by atoms with van der Waals surface area (Å²) in [6.45, 7) is 1.23. The van der Waals surface area contributed by atoms with Crippen LogP contribution in [0.15, 0.2) is 72.8 Å². The van der Waals surface area contributed by atoms with E-state index in [1.165, 1.54) is 0 Å². The zero-order valence-corrected chi connectivity index (χ0v) is 15.6. The lowest BCUT2D eigenvalue weighted by Crippen LogP contribution is -2.27. The highest BCUT2D eigenvalue weighted by molar-refractivity contribution is 6.08. The minimum Gasteiger partial charge on any atom is -0.495 e. The molecule has 0 saturated carbocycles. The van der Waals surface area contributed by atoms with E-state index >= 15 is 0 Å². The molecule has 1 aliphatic rings. The maximum atomic E-state index is 12.8. The molecule has 0 atom stereocenters. The SMILES string of the molecule is COc1ccc2ccccc2c1N1CCNC(=O)c2cc3ccccc3cc21. The molecular formula is C24H20N2O2. The van der Waals surface area contributed by atoms with Gasteiger partial charge in [0.25, 0.3) is 5.91 Å². The highest BCUT2D eigenvalue weighted by Gasteiger charge is 2.25. The average Bonchev–Trinajstić information content (AvgIpc) is 2.90. The number of hydrogen-bond acceptors (Lipinski definition) is 3. The van der Waals surface area contributed by atoms with Crippen molar-refractivity contribution in [2.24, 2.45) is 0 Å². The Labute approximate surface area is 163 Å². The van der Waals surface area contributed by atoms with E-state index in [0.29, 0.717) is 18.7 Å². The molecule has 1 N–H and O–H groups in total. The van der Waals surface area contributed by atoms with Crippen molar-refractivity contribution >= 4 is 38.8 Å². The van der Waals surface area contributed by atoms with E-state index in [9.17, 15) is 4.79 Å². The number of amides is 1. The lowest BCUT2D eigenvalue weighted by Gasteiger charge is -2.28. The Morgan fingerprint density at radius 3 is 2.39 bits per heavy atom. The van der Waals surface area contributed by atoms with Crippen LogP contribution in [0.1, 0.15) is 10.4 Å². The van der Waals surface area contributed by atoms with Crippen LogP contribution in [0.4, 0.5) is 11.4 Å². The molecule has 0 fully saturated rings. The van der Waals surface area contributed by atoms with Gasteiger partial charge in [0, 0.05) is 18.5 Å². The zero-order chi connectivity index (χ0) is 19.1. The van der Waals surface area contributed by atoms with Gasteiger partial charge in [-0.15, -0.1) is 0 Å². The second-order valence-corrected chi connectivity index (χ2v) is 6.96. The van der Waals surface area contributed by atoms with E-state index in [1.54, 1.807) is 7.11 Å². The second-order valence-electron chi connectivity index (χ2n) is 6.96. The van der Waals surface area contributed by atoms with E-state index in [1.807, 2.05) is 42.5 Å². The van der Waals surface area contributed by atoms with Gasteiger partial charge in [-0.25, -0.2) is 0 Å². The summed E-state index contributed by atoms with van der Waals surface area (Å²) in [4.78, 5) is 15.0. The molecule has 0 radical (unpaired) electrons. The van der Waals surface area contributed by atoms with Crippen LogP contribution in [0, 0.1) is 0 Å². The van der Waals surface area contributed by atoms with E-state index in [2.05, 4.69) is 40.5 Å². The Balaban J connectivity index is 1.83. The van der Waals surface area contributed by atoms with Crippen molar-refractivity contribution in [3.63, 3.8) is 0 Å². The van der Waals surface area contributed by atoms with Crippen LogP contribution in [0.25, 0.3) is 21.5 Å². The van der Waals surface area contributed by atoms with E-state index in [-0.39, 0.29) is 5.91 Å². The maximum absolute atomic E-state index is 12.8. The molecule has 0 saturated heterocycles. The third kappa shape index (κ3) is 2.57. The van der Waals surface area contributed by atoms with Crippen molar-refractivity contribution in [1.29, 1.82) is 0 Å². The minimum atomic E-state index is -0.0394. The van der Waals surface area contributed by atoms with Crippen molar-refractivity contribution in [2.75, 3.05) is 25.1 Å². The molecule has 4 aromatic carbocycles. The van der Waals surface area contributed by atoms with Gasteiger partial charge in [-0.05, 0) is 34.4 Å². The van der Waals surface area contributed by atoms with Crippen LogP contribution in [0.5, 0.6) is 5.75 Å². The van der Waals surface area contributed by atoms with Crippen molar-refractivity contribution in [3.05, 3.63) is 78.4 Å². The van der Waals surface area contributed by atoms with Crippen molar-refractivity contribution in [3.8, 4) is 5.75 Å². The molecule has 1 heterocycles. The normalized spacial score (nSPS) is 13.9. The number of hydrogen-bond donors (Lipinski definition) is 1. The number of anilines is 2. The van der Waals surface area contributed by atoms with Crippen LogP contribution in [-0.2, 0) is 0 Å². The molecule has 5 rings (SSSR count). The lowest BCUT2D eigenvalue weighted by molar-refractivity contribution is 0.0958. The first kappa shape index (κ1) is 16.6. The Bertz CT molecular complexity index is 1220. The van der Waals surface area contributed by atoms with Crippen LogP contribution < -0.4 is 15.0 Å².